The van der Waals surface area contributed by atoms with Crippen molar-refractivity contribution in [3.05, 3.63) is 104 Å². The molecule has 3 aromatic carbocycles. The molecule has 2 fully saturated rings. The lowest BCUT2D eigenvalue weighted by atomic mass is 9.89. The zero-order valence-corrected chi connectivity index (χ0v) is 21.5. The average molecular weight is 566 g/mol. The lowest BCUT2D eigenvalue weighted by Gasteiger charge is -2.32. The molecule has 1 aliphatic heterocycles. The Morgan fingerprint density at radius 1 is 0.973 bits per heavy atom. The SMILES string of the molecule is O=C(Nc1ccc(C2CCN(C(=O)c3ccc(Br)c([N+](=O)[O-])c3)CC2)cc1)C1CC1c1ccc(F)cc1. The summed E-state index contributed by atoms with van der Waals surface area (Å²) in [7, 11) is 0. The van der Waals surface area contributed by atoms with E-state index in [0.717, 1.165) is 36.1 Å². The highest BCUT2D eigenvalue weighted by atomic mass is 79.9. The number of carbonyl (C=O) groups excluding carboxylic acids is 2. The van der Waals surface area contributed by atoms with Crippen LogP contribution >= 0.6 is 15.9 Å². The van der Waals surface area contributed by atoms with E-state index < -0.39 is 4.92 Å². The minimum Gasteiger partial charge on any atom is -0.339 e. The van der Waals surface area contributed by atoms with Crippen molar-refractivity contribution < 1.29 is 18.9 Å². The summed E-state index contributed by atoms with van der Waals surface area (Å²) in [5, 5.41) is 14.2. The van der Waals surface area contributed by atoms with Gasteiger partial charge in [0.25, 0.3) is 11.6 Å². The first kappa shape index (κ1) is 25.1. The van der Waals surface area contributed by atoms with Gasteiger partial charge in [-0.15, -0.1) is 0 Å². The van der Waals surface area contributed by atoms with E-state index in [1.54, 1.807) is 23.1 Å². The number of piperidine rings is 1. The molecule has 1 heterocycles. The number of nitro groups is 1. The molecule has 1 N–H and O–H groups in total. The predicted octanol–water partition coefficient (Wildman–Crippen LogP) is 6.26. The van der Waals surface area contributed by atoms with Crippen LogP contribution < -0.4 is 5.32 Å². The number of carbonyl (C=O) groups is 2. The van der Waals surface area contributed by atoms with Crippen molar-refractivity contribution >= 4 is 39.1 Å². The van der Waals surface area contributed by atoms with E-state index in [-0.39, 0.29) is 35.2 Å². The Morgan fingerprint density at radius 3 is 2.27 bits per heavy atom. The van der Waals surface area contributed by atoms with Crippen LogP contribution in [0.5, 0.6) is 0 Å². The van der Waals surface area contributed by atoms with Crippen molar-refractivity contribution in [1.29, 1.82) is 0 Å². The third kappa shape index (κ3) is 5.56. The van der Waals surface area contributed by atoms with Crippen molar-refractivity contribution in [3.8, 4) is 0 Å². The van der Waals surface area contributed by atoms with E-state index in [1.807, 2.05) is 24.3 Å². The molecule has 1 aliphatic carbocycles. The fourth-order valence-electron chi connectivity index (χ4n) is 5.02. The standard InChI is InChI=1S/C28H25BrFN3O4/c29-25-10-5-20(15-26(25)33(36)37)28(35)32-13-11-18(12-14-32)17-3-8-22(9-4-17)31-27(34)24-16-23(24)19-1-6-21(30)7-2-19/h1-10,15,18,23-24H,11-14,16H2,(H,31,34). The molecule has 2 unspecified atom stereocenters. The van der Waals surface area contributed by atoms with Crippen LogP contribution in [0.4, 0.5) is 15.8 Å². The van der Waals surface area contributed by atoms with E-state index in [4.69, 9.17) is 0 Å². The summed E-state index contributed by atoms with van der Waals surface area (Å²) in [5.41, 5.74) is 3.06. The van der Waals surface area contributed by atoms with E-state index >= 15 is 0 Å². The lowest BCUT2D eigenvalue weighted by Crippen LogP contribution is -2.37. The first-order valence-corrected chi connectivity index (χ1v) is 13.0. The summed E-state index contributed by atoms with van der Waals surface area (Å²) >= 11 is 3.15. The Balaban J connectivity index is 1.13. The van der Waals surface area contributed by atoms with Crippen LogP contribution in [-0.4, -0.2) is 34.7 Å². The third-order valence-electron chi connectivity index (χ3n) is 7.25. The second-order valence-electron chi connectivity index (χ2n) is 9.60. The zero-order chi connectivity index (χ0) is 26.1. The molecule has 7 nitrogen and oxygen atoms in total. The molecule has 1 saturated heterocycles. The molecular weight excluding hydrogens is 541 g/mol. The Labute approximate surface area is 222 Å². The molecule has 3 aromatic rings. The fourth-order valence-corrected chi connectivity index (χ4v) is 5.41. The van der Waals surface area contributed by atoms with Gasteiger partial charge in [-0.25, -0.2) is 4.39 Å². The Hall–Kier alpha value is -3.59. The normalized spacial score (nSPS) is 19.4. The van der Waals surface area contributed by atoms with Crippen molar-refractivity contribution in [2.75, 3.05) is 18.4 Å². The van der Waals surface area contributed by atoms with Crippen LogP contribution in [0.2, 0.25) is 0 Å². The monoisotopic (exact) mass is 565 g/mol. The number of hydrogen-bond acceptors (Lipinski definition) is 4. The van der Waals surface area contributed by atoms with Gasteiger partial charge in [0.2, 0.25) is 5.91 Å². The van der Waals surface area contributed by atoms with Crippen LogP contribution in [0.25, 0.3) is 0 Å². The number of nitro benzene ring substituents is 1. The van der Waals surface area contributed by atoms with Gasteiger partial charge in [-0.05, 0) is 94.6 Å². The van der Waals surface area contributed by atoms with Crippen LogP contribution in [-0.2, 0) is 4.79 Å². The van der Waals surface area contributed by atoms with Crippen LogP contribution in [0.15, 0.2) is 71.2 Å². The number of hydrogen-bond donors (Lipinski definition) is 1. The topological polar surface area (TPSA) is 92.6 Å². The van der Waals surface area contributed by atoms with Crippen LogP contribution in [0.1, 0.15) is 52.6 Å². The quantitative estimate of drug-likeness (QED) is 0.282. The Bertz CT molecular complexity index is 1340. The van der Waals surface area contributed by atoms with Gasteiger partial charge in [-0.2, -0.15) is 0 Å². The van der Waals surface area contributed by atoms with Gasteiger partial charge in [-0.1, -0.05) is 24.3 Å². The van der Waals surface area contributed by atoms with E-state index in [0.29, 0.717) is 29.0 Å². The van der Waals surface area contributed by atoms with Crippen molar-refractivity contribution in [3.63, 3.8) is 0 Å². The van der Waals surface area contributed by atoms with Gasteiger partial charge < -0.3 is 10.2 Å². The van der Waals surface area contributed by atoms with Crippen LogP contribution in [0, 0.1) is 21.8 Å². The second-order valence-corrected chi connectivity index (χ2v) is 10.5. The number of likely N-dealkylation sites (tertiary alicyclic amines) is 1. The molecule has 37 heavy (non-hydrogen) atoms. The number of amides is 2. The maximum Gasteiger partial charge on any atom is 0.284 e. The summed E-state index contributed by atoms with van der Waals surface area (Å²) < 4.78 is 13.5. The minimum absolute atomic E-state index is 0.0259. The van der Waals surface area contributed by atoms with Crippen molar-refractivity contribution in [2.45, 2.75) is 31.1 Å². The number of halogens is 2. The van der Waals surface area contributed by atoms with Crippen molar-refractivity contribution in [1.82, 2.24) is 4.90 Å². The van der Waals surface area contributed by atoms with Gasteiger partial charge >= 0.3 is 0 Å². The van der Waals surface area contributed by atoms with Crippen LogP contribution in [0.3, 0.4) is 0 Å². The molecule has 0 bridgehead atoms. The van der Waals surface area contributed by atoms with E-state index in [9.17, 15) is 24.1 Å². The predicted molar refractivity (Wildman–Crippen MR) is 141 cm³/mol. The smallest absolute Gasteiger partial charge is 0.284 e. The first-order valence-electron chi connectivity index (χ1n) is 12.2. The van der Waals surface area contributed by atoms with E-state index in [2.05, 4.69) is 21.2 Å². The molecule has 2 amide bonds. The number of anilines is 1. The summed E-state index contributed by atoms with van der Waals surface area (Å²) in [6.45, 7) is 1.14. The molecule has 0 radical (unpaired) electrons. The third-order valence-corrected chi connectivity index (χ3v) is 7.92. The molecule has 5 rings (SSSR count). The van der Waals surface area contributed by atoms with Crippen molar-refractivity contribution in [2.24, 2.45) is 5.92 Å². The highest BCUT2D eigenvalue weighted by Crippen LogP contribution is 2.48. The molecule has 2 aliphatic rings. The largest absolute Gasteiger partial charge is 0.339 e. The number of nitrogens with zero attached hydrogens (tertiary/aromatic N) is 2. The minimum atomic E-state index is -0.506. The van der Waals surface area contributed by atoms with E-state index in [1.165, 1.54) is 24.3 Å². The summed E-state index contributed by atoms with van der Waals surface area (Å²) in [6, 6.07) is 18.6. The summed E-state index contributed by atoms with van der Waals surface area (Å²) in [6.07, 6.45) is 2.34. The van der Waals surface area contributed by atoms with Gasteiger partial charge in [-0.3, -0.25) is 19.7 Å². The Morgan fingerprint density at radius 2 is 1.62 bits per heavy atom. The average Bonchev–Trinajstić information content (AvgIpc) is 3.71. The maximum atomic E-state index is 13.1. The zero-order valence-electron chi connectivity index (χ0n) is 19.9. The molecule has 0 aromatic heterocycles. The highest BCUT2D eigenvalue weighted by molar-refractivity contribution is 9.10. The Kier molecular flexibility index (Phi) is 7.06. The maximum absolute atomic E-state index is 13.1. The number of nitrogens with one attached hydrogen (secondary N) is 1. The van der Waals surface area contributed by atoms with Gasteiger partial charge in [0.1, 0.15) is 5.82 Å². The second kappa shape index (κ2) is 10.4. The summed E-state index contributed by atoms with van der Waals surface area (Å²) in [4.78, 5) is 38.0. The van der Waals surface area contributed by atoms with Gasteiger partial charge in [0.15, 0.2) is 0 Å². The fraction of sp³-hybridized carbons (Fsp3) is 0.286. The van der Waals surface area contributed by atoms with Gasteiger partial charge in [0.05, 0.1) is 9.40 Å². The molecule has 190 valence electrons. The molecule has 1 saturated carbocycles. The van der Waals surface area contributed by atoms with Gasteiger partial charge in [0, 0.05) is 36.3 Å². The molecule has 9 heteroatoms. The first-order chi connectivity index (χ1) is 17.8. The molecular formula is C28H25BrFN3O4. The number of rotatable bonds is 6. The lowest BCUT2D eigenvalue weighted by molar-refractivity contribution is -0.385. The molecule has 0 spiro atoms. The molecule has 2 atom stereocenters. The number of benzene rings is 3. The summed E-state index contributed by atoms with van der Waals surface area (Å²) in [5.74, 6) is -0.179. The highest BCUT2D eigenvalue weighted by Gasteiger charge is 2.43.